The van der Waals surface area contributed by atoms with Crippen LogP contribution in [0.2, 0.25) is 5.02 Å². The topological polar surface area (TPSA) is 77.0 Å². The fraction of sp³-hybridized carbons (Fsp3) is 0.357. The molecule has 22 heavy (non-hydrogen) atoms. The highest BCUT2D eigenvalue weighted by molar-refractivity contribution is 6.30. The molecule has 0 saturated carbocycles. The van der Waals surface area contributed by atoms with Gasteiger partial charge >= 0.3 is 0 Å². The maximum Gasteiger partial charge on any atom is 0.286 e. The Kier molecular flexibility index (Phi) is 3.52. The molecule has 8 heteroatoms. The first-order valence-electron chi connectivity index (χ1n) is 6.80. The molecule has 1 saturated heterocycles. The summed E-state index contributed by atoms with van der Waals surface area (Å²) >= 11 is 5.94. The fourth-order valence-corrected chi connectivity index (χ4v) is 2.95. The summed E-state index contributed by atoms with van der Waals surface area (Å²) in [6, 6.07) is 6.80. The predicted molar refractivity (Wildman–Crippen MR) is 80.6 cm³/mol. The molecule has 3 rings (SSSR count). The normalized spacial score (nSPS) is 21.3. The van der Waals surface area contributed by atoms with Gasteiger partial charge in [0.05, 0.1) is 6.54 Å². The zero-order valence-corrected chi connectivity index (χ0v) is 12.7. The van der Waals surface area contributed by atoms with E-state index in [-0.39, 0.29) is 12.4 Å². The lowest BCUT2D eigenvalue weighted by molar-refractivity contribution is 0.0987. The van der Waals surface area contributed by atoms with Crippen molar-refractivity contribution in [3.8, 4) is 0 Å². The molecule has 0 bridgehead atoms. The van der Waals surface area contributed by atoms with Gasteiger partial charge in [0.2, 0.25) is 11.8 Å². The smallest absolute Gasteiger partial charge is 0.286 e. The molecular formula is C14H15ClFN5O. The number of nitrogens with two attached hydrogens (primary N) is 1. The molecule has 116 valence electrons. The number of primary amides is 1. The van der Waals surface area contributed by atoms with Crippen molar-refractivity contribution in [2.45, 2.75) is 12.1 Å². The maximum absolute atomic E-state index is 15.2. The van der Waals surface area contributed by atoms with Gasteiger partial charge in [-0.2, -0.15) is 0 Å². The van der Waals surface area contributed by atoms with Crippen molar-refractivity contribution in [3.05, 3.63) is 40.7 Å². The van der Waals surface area contributed by atoms with Crippen LogP contribution in [0.4, 0.5) is 10.3 Å². The van der Waals surface area contributed by atoms with E-state index in [0.29, 0.717) is 29.5 Å². The number of anilines is 1. The van der Waals surface area contributed by atoms with Gasteiger partial charge in [0.1, 0.15) is 0 Å². The third-order valence-corrected chi connectivity index (χ3v) is 4.15. The number of hydrogen-bond donors (Lipinski definition) is 1. The van der Waals surface area contributed by atoms with E-state index in [4.69, 9.17) is 17.3 Å². The van der Waals surface area contributed by atoms with Crippen molar-refractivity contribution < 1.29 is 9.18 Å². The molecule has 1 aromatic carbocycles. The standard InChI is InChI=1S/C14H15ClFN5O/c1-20-12(11(17)22)18-19-13(20)21-6-5-14(16,8-21)9-3-2-4-10(15)7-9/h2-4,7H,5-6,8H2,1H3,(H2,17,22). The minimum absolute atomic E-state index is 0.0501. The van der Waals surface area contributed by atoms with Crippen molar-refractivity contribution in [1.29, 1.82) is 0 Å². The van der Waals surface area contributed by atoms with Crippen molar-refractivity contribution in [1.82, 2.24) is 14.8 Å². The Labute approximate surface area is 131 Å². The molecule has 2 N–H and O–H groups in total. The Morgan fingerprint density at radius 3 is 2.86 bits per heavy atom. The Bertz CT molecular complexity index is 734. The van der Waals surface area contributed by atoms with Crippen LogP contribution in [0.1, 0.15) is 22.6 Å². The number of carbonyl (C=O) groups is 1. The molecule has 0 spiro atoms. The van der Waals surface area contributed by atoms with E-state index < -0.39 is 11.6 Å². The molecule has 0 aliphatic carbocycles. The van der Waals surface area contributed by atoms with Gasteiger partial charge in [-0.3, -0.25) is 9.36 Å². The summed E-state index contributed by atoms with van der Waals surface area (Å²) in [5, 5.41) is 8.19. The summed E-state index contributed by atoms with van der Waals surface area (Å²) in [5.74, 6) is -0.189. The van der Waals surface area contributed by atoms with Gasteiger partial charge in [-0.1, -0.05) is 23.7 Å². The van der Waals surface area contributed by atoms with Crippen LogP contribution in [0.3, 0.4) is 0 Å². The van der Waals surface area contributed by atoms with E-state index >= 15 is 4.39 Å². The SMILES string of the molecule is Cn1c(C(N)=O)nnc1N1CCC(F)(c2cccc(Cl)c2)C1. The second kappa shape index (κ2) is 5.24. The van der Waals surface area contributed by atoms with E-state index in [1.54, 1.807) is 36.2 Å². The molecule has 2 aromatic rings. The number of rotatable bonds is 3. The molecule has 0 radical (unpaired) electrons. The third-order valence-electron chi connectivity index (χ3n) is 3.92. The van der Waals surface area contributed by atoms with E-state index in [1.807, 2.05) is 0 Å². The summed E-state index contributed by atoms with van der Waals surface area (Å²) < 4.78 is 16.7. The first-order valence-corrected chi connectivity index (χ1v) is 7.17. The molecule has 1 unspecified atom stereocenters. The summed E-state index contributed by atoms with van der Waals surface area (Å²) in [6.07, 6.45) is 0.312. The molecular weight excluding hydrogens is 309 g/mol. The number of alkyl halides is 1. The van der Waals surface area contributed by atoms with E-state index in [0.717, 1.165) is 0 Å². The van der Waals surface area contributed by atoms with Gasteiger partial charge in [0.15, 0.2) is 5.67 Å². The summed E-state index contributed by atoms with van der Waals surface area (Å²) in [6.45, 7) is 0.589. The summed E-state index contributed by atoms with van der Waals surface area (Å²) in [7, 11) is 1.63. The number of benzene rings is 1. The lowest BCUT2D eigenvalue weighted by Crippen LogP contribution is -2.29. The molecule has 1 aliphatic heterocycles. The van der Waals surface area contributed by atoms with Crippen LogP contribution in [0, 0.1) is 0 Å². The Morgan fingerprint density at radius 2 is 2.23 bits per heavy atom. The van der Waals surface area contributed by atoms with Gasteiger partial charge in [-0.05, 0) is 17.7 Å². The van der Waals surface area contributed by atoms with Gasteiger partial charge < -0.3 is 10.6 Å². The highest BCUT2D eigenvalue weighted by Crippen LogP contribution is 2.38. The zero-order valence-electron chi connectivity index (χ0n) is 12.0. The molecule has 2 heterocycles. The molecule has 1 fully saturated rings. The van der Waals surface area contributed by atoms with Crippen LogP contribution in [0.5, 0.6) is 0 Å². The zero-order chi connectivity index (χ0) is 15.9. The van der Waals surface area contributed by atoms with E-state index in [2.05, 4.69) is 10.2 Å². The van der Waals surface area contributed by atoms with Gasteiger partial charge in [-0.15, -0.1) is 10.2 Å². The molecule has 1 amide bonds. The monoisotopic (exact) mass is 323 g/mol. The lowest BCUT2D eigenvalue weighted by Gasteiger charge is -2.22. The third kappa shape index (κ3) is 2.41. The Hall–Kier alpha value is -2.15. The quantitative estimate of drug-likeness (QED) is 0.931. The van der Waals surface area contributed by atoms with E-state index in [1.165, 1.54) is 4.57 Å². The Balaban J connectivity index is 1.87. The van der Waals surface area contributed by atoms with Crippen molar-refractivity contribution in [3.63, 3.8) is 0 Å². The van der Waals surface area contributed by atoms with Crippen LogP contribution in [0.25, 0.3) is 0 Å². The number of nitrogens with zero attached hydrogens (tertiary/aromatic N) is 4. The van der Waals surface area contributed by atoms with Crippen LogP contribution in [-0.4, -0.2) is 33.8 Å². The predicted octanol–water partition coefficient (Wildman–Crippen LogP) is 1.64. The summed E-state index contributed by atoms with van der Waals surface area (Å²) in [5.41, 5.74) is 4.25. The van der Waals surface area contributed by atoms with Gasteiger partial charge in [0, 0.05) is 25.0 Å². The van der Waals surface area contributed by atoms with Crippen molar-refractivity contribution >= 4 is 23.5 Å². The first kappa shape index (κ1) is 14.8. The Morgan fingerprint density at radius 1 is 1.45 bits per heavy atom. The highest BCUT2D eigenvalue weighted by Gasteiger charge is 2.41. The van der Waals surface area contributed by atoms with Gasteiger partial charge in [0.25, 0.3) is 5.91 Å². The number of amides is 1. The first-order chi connectivity index (χ1) is 10.4. The van der Waals surface area contributed by atoms with E-state index in [9.17, 15) is 4.79 Å². The molecule has 1 atom stereocenters. The summed E-state index contributed by atoms with van der Waals surface area (Å²) in [4.78, 5) is 13.0. The molecule has 1 aromatic heterocycles. The number of carbonyl (C=O) groups excluding carboxylic acids is 1. The lowest BCUT2D eigenvalue weighted by atomic mass is 9.95. The maximum atomic E-state index is 15.2. The fourth-order valence-electron chi connectivity index (χ4n) is 2.76. The molecule has 1 aliphatic rings. The van der Waals surface area contributed by atoms with Gasteiger partial charge in [-0.25, -0.2) is 4.39 Å². The number of aromatic nitrogens is 3. The number of hydrogen-bond acceptors (Lipinski definition) is 4. The van der Waals surface area contributed by atoms with Crippen molar-refractivity contribution in [2.24, 2.45) is 12.8 Å². The van der Waals surface area contributed by atoms with Crippen LogP contribution in [-0.2, 0) is 12.7 Å². The second-order valence-electron chi connectivity index (χ2n) is 5.39. The minimum Gasteiger partial charge on any atom is -0.363 e. The average molecular weight is 324 g/mol. The van der Waals surface area contributed by atoms with Crippen LogP contribution >= 0.6 is 11.6 Å². The van der Waals surface area contributed by atoms with Crippen LogP contribution in [0.15, 0.2) is 24.3 Å². The average Bonchev–Trinajstić information content (AvgIpc) is 3.03. The minimum atomic E-state index is -1.51. The second-order valence-corrected chi connectivity index (χ2v) is 5.83. The highest BCUT2D eigenvalue weighted by atomic mass is 35.5. The largest absolute Gasteiger partial charge is 0.363 e. The molecule has 6 nitrogen and oxygen atoms in total. The number of halogens is 2. The van der Waals surface area contributed by atoms with Crippen molar-refractivity contribution in [2.75, 3.05) is 18.0 Å². The van der Waals surface area contributed by atoms with Crippen LogP contribution < -0.4 is 10.6 Å².